The number of fused-ring (bicyclic) bond motifs is 2. The summed E-state index contributed by atoms with van der Waals surface area (Å²) in [5.41, 5.74) is 3.31. The molecule has 118 valence electrons. The first-order valence-corrected chi connectivity index (χ1v) is 7.93. The van der Waals surface area contributed by atoms with Gasteiger partial charge in [0.2, 0.25) is 5.13 Å². The molecule has 0 atom stereocenters. The average Bonchev–Trinajstić information content (AvgIpc) is 3.00. The summed E-state index contributed by atoms with van der Waals surface area (Å²) in [6.07, 6.45) is 1.24. The quantitative estimate of drug-likeness (QED) is 0.339. The molecule has 0 aliphatic rings. The smallest absolute Gasteiger partial charge is 0.349 e. The number of hydrogen-bond acceptors (Lipinski definition) is 7. The highest BCUT2D eigenvalue weighted by Gasteiger charge is 2.11. The summed E-state index contributed by atoms with van der Waals surface area (Å²) in [6.45, 7) is 0. The number of anilines is 1. The van der Waals surface area contributed by atoms with Gasteiger partial charge in [-0.15, -0.1) is 0 Å². The maximum absolute atomic E-state index is 12.0. The fraction of sp³-hybridized carbons (Fsp3) is 0. The van der Waals surface area contributed by atoms with Crippen LogP contribution in [0.25, 0.3) is 21.2 Å². The van der Waals surface area contributed by atoms with E-state index in [0.717, 1.165) is 10.2 Å². The molecule has 2 aromatic heterocycles. The number of nitrogens with zero attached hydrogens (tertiary/aromatic N) is 2. The van der Waals surface area contributed by atoms with Crippen LogP contribution in [0.3, 0.4) is 0 Å². The van der Waals surface area contributed by atoms with E-state index in [1.165, 1.54) is 17.6 Å². The molecule has 0 bridgehead atoms. The van der Waals surface area contributed by atoms with Crippen LogP contribution >= 0.6 is 11.3 Å². The Bertz CT molecular complexity index is 1100. The highest BCUT2D eigenvalue weighted by Crippen LogP contribution is 2.26. The van der Waals surface area contributed by atoms with E-state index in [1.54, 1.807) is 24.3 Å². The number of benzene rings is 2. The molecule has 0 aliphatic heterocycles. The van der Waals surface area contributed by atoms with E-state index in [4.69, 9.17) is 4.42 Å². The van der Waals surface area contributed by atoms with Crippen molar-refractivity contribution in [2.75, 3.05) is 5.43 Å². The molecule has 0 fully saturated rings. The molecule has 4 aromatic rings. The molecule has 0 amide bonds. The number of aromatic nitrogens is 1. The van der Waals surface area contributed by atoms with Crippen molar-refractivity contribution in [2.24, 2.45) is 5.10 Å². The van der Waals surface area contributed by atoms with Gasteiger partial charge in [0, 0.05) is 0 Å². The third kappa shape index (κ3) is 2.50. The van der Waals surface area contributed by atoms with Gasteiger partial charge in [-0.1, -0.05) is 35.6 Å². The van der Waals surface area contributed by atoms with Crippen LogP contribution in [0.15, 0.2) is 62.8 Å². The Morgan fingerprint density at radius 2 is 1.96 bits per heavy atom. The van der Waals surface area contributed by atoms with Crippen LogP contribution in [0, 0.1) is 0 Å². The molecule has 2 heterocycles. The third-order valence-corrected chi connectivity index (χ3v) is 4.41. The second kappa shape index (κ2) is 5.78. The van der Waals surface area contributed by atoms with Crippen LogP contribution in [0.4, 0.5) is 5.13 Å². The van der Waals surface area contributed by atoms with Crippen molar-refractivity contribution in [3.8, 4) is 5.75 Å². The summed E-state index contributed by atoms with van der Waals surface area (Å²) in [7, 11) is 0. The summed E-state index contributed by atoms with van der Waals surface area (Å²) < 4.78 is 6.21. The van der Waals surface area contributed by atoms with Crippen molar-refractivity contribution < 1.29 is 9.52 Å². The minimum atomic E-state index is -0.652. The van der Waals surface area contributed by atoms with Gasteiger partial charge in [0.05, 0.1) is 21.8 Å². The Labute approximate surface area is 139 Å². The van der Waals surface area contributed by atoms with Gasteiger partial charge < -0.3 is 9.52 Å². The number of hydrazone groups is 1. The van der Waals surface area contributed by atoms with Crippen molar-refractivity contribution in [1.29, 1.82) is 0 Å². The van der Waals surface area contributed by atoms with Gasteiger partial charge in [-0.3, -0.25) is 5.43 Å². The molecule has 0 aliphatic carbocycles. The van der Waals surface area contributed by atoms with E-state index in [9.17, 15) is 9.90 Å². The number of nitrogens with one attached hydrogen (secondary N) is 1. The Balaban J connectivity index is 1.66. The molecule has 4 rings (SSSR count). The number of thiazole rings is 1. The Morgan fingerprint density at radius 1 is 1.17 bits per heavy atom. The van der Waals surface area contributed by atoms with E-state index >= 15 is 0 Å². The lowest BCUT2D eigenvalue weighted by Crippen LogP contribution is -2.07. The number of rotatable bonds is 3. The zero-order chi connectivity index (χ0) is 16.5. The van der Waals surface area contributed by atoms with Crippen LogP contribution in [0.5, 0.6) is 5.75 Å². The minimum absolute atomic E-state index is 0.0117. The fourth-order valence-electron chi connectivity index (χ4n) is 2.33. The van der Waals surface area contributed by atoms with Gasteiger partial charge in [-0.25, -0.2) is 9.78 Å². The summed E-state index contributed by atoms with van der Waals surface area (Å²) in [5.74, 6) is -0.156. The summed E-state index contributed by atoms with van der Waals surface area (Å²) in [4.78, 5) is 16.3. The summed E-state index contributed by atoms with van der Waals surface area (Å²) in [5, 5.41) is 15.3. The highest BCUT2D eigenvalue weighted by atomic mass is 32.1. The van der Waals surface area contributed by atoms with Crippen molar-refractivity contribution in [1.82, 2.24) is 4.98 Å². The minimum Gasteiger partial charge on any atom is -0.506 e. The first-order chi connectivity index (χ1) is 11.7. The van der Waals surface area contributed by atoms with Crippen molar-refractivity contribution in [3.05, 3.63) is 64.5 Å². The molecule has 0 saturated heterocycles. The maximum Gasteiger partial charge on any atom is 0.349 e. The standard InChI is InChI=1S/C17H11N3O3S/c21-15-10-5-1-3-7-13(10)23-16(22)11(15)9-18-20-17-19-12-6-2-4-8-14(12)24-17/h1-9,21H,(H,19,20). The molecule has 0 spiro atoms. The maximum atomic E-state index is 12.0. The predicted molar refractivity (Wildman–Crippen MR) is 95.0 cm³/mol. The van der Waals surface area contributed by atoms with Crippen LogP contribution in [0.2, 0.25) is 0 Å². The lowest BCUT2D eigenvalue weighted by Gasteiger charge is -2.02. The highest BCUT2D eigenvalue weighted by molar-refractivity contribution is 7.22. The molecule has 2 N–H and O–H groups in total. The molecular weight excluding hydrogens is 326 g/mol. The predicted octanol–water partition coefficient (Wildman–Crippen LogP) is 3.55. The van der Waals surface area contributed by atoms with Crippen molar-refractivity contribution in [3.63, 3.8) is 0 Å². The Hall–Kier alpha value is -3.19. The molecule has 6 nitrogen and oxygen atoms in total. The van der Waals surface area contributed by atoms with E-state index in [0.29, 0.717) is 16.1 Å². The van der Waals surface area contributed by atoms with E-state index in [2.05, 4.69) is 15.5 Å². The van der Waals surface area contributed by atoms with Crippen LogP contribution < -0.4 is 11.1 Å². The summed E-state index contributed by atoms with van der Waals surface area (Å²) in [6, 6.07) is 14.5. The number of hydrogen-bond donors (Lipinski definition) is 2. The Morgan fingerprint density at radius 3 is 2.83 bits per heavy atom. The van der Waals surface area contributed by atoms with Gasteiger partial charge in [0.25, 0.3) is 0 Å². The normalized spacial score (nSPS) is 11.5. The zero-order valence-electron chi connectivity index (χ0n) is 12.3. The fourth-order valence-corrected chi connectivity index (χ4v) is 3.15. The van der Waals surface area contributed by atoms with E-state index < -0.39 is 5.63 Å². The average molecular weight is 337 g/mol. The van der Waals surface area contributed by atoms with Crippen LogP contribution in [-0.4, -0.2) is 16.3 Å². The van der Waals surface area contributed by atoms with E-state index in [-0.39, 0.29) is 11.3 Å². The molecule has 24 heavy (non-hydrogen) atoms. The van der Waals surface area contributed by atoms with Gasteiger partial charge in [-0.2, -0.15) is 5.10 Å². The van der Waals surface area contributed by atoms with Crippen LogP contribution in [-0.2, 0) is 0 Å². The molecule has 0 saturated carbocycles. The SMILES string of the molecule is O=c1oc2ccccc2c(O)c1C=NNc1nc2ccccc2s1. The van der Waals surface area contributed by atoms with Gasteiger partial charge >= 0.3 is 5.63 Å². The number of aromatic hydroxyl groups is 1. The molecular formula is C17H11N3O3S. The van der Waals surface area contributed by atoms with Gasteiger partial charge in [-0.05, 0) is 24.3 Å². The zero-order valence-corrected chi connectivity index (χ0v) is 13.1. The molecule has 7 heteroatoms. The van der Waals surface area contributed by atoms with Crippen LogP contribution in [0.1, 0.15) is 5.56 Å². The molecule has 0 unspecified atom stereocenters. The summed E-state index contributed by atoms with van der Waals surface area (Å²) >= 11 is 1.44. The lowest BCUT2D eigenvalue weighted by atomic mass is 10.1. The first kappa shape index (κ1) is 14.4. The van der Waals surface area contributed by atoms with Gasteiger partial charge in [0.1, 0.15) is 16.9 Å². The van der Waals surface area contributed by atoms with Gasteiger partial charge in [0.15, 0.2) is 0 Å². The second-order valence-corrected chi connectivity index (χ2v) is 6.04. The molecule has 2 aromatic carbocycles. The van der Waals surface area contributed by atoms with Crippen molar-refractivity contribution >= 4 is 43.9 Å². The van der Waals surface area contributed by atoms with Crippen molar-refractivity contribution in [2.45, 2.75) is 0 Å². The lowest BCUT2D eigenvalue weighted by molar-refractivity contribution is 0.466. The third-order valence-electron chi connectivity index (χ3n) is 3.47. The Kier molecular flexibility index (Phi) is 3.47. The first-order valence-electron chi connectivity index (χ1n) is 7.12. The topological polar surface area (TPSA) is 87.7 Å². The number of para-hydroxylation sites is 2. The molecule has 0 radical (unpaired) electrons. The second-order valence-electron chi connectivity index (χ2n) is 5.00. The largest absolute Gasteiger partial charge is 0.506 e. The monoisotopic (exact) mass is 337 g/mol. The van der Waals surface area contributed by atoms with E-state index in [1.807, 2.05) is 24.3 Å².